The minimum Gasteiger partial charge on any atom is -0.483 e. The van der Waals surface area contributed by atoms with E-state index in [-0.39, 0.29) is 17.6 Å². The summed E-state index contributed by atoms with van der Waals surface area (Å²) in [5.41, 5.74) is 2.94. The third kappa shape index (κ3) is 5.71. The Hall–Kier alpha value is -2.11. The predicted molar refractivity (Wildman–Crippen MR) is 111 cm³/mol. The summed E-state index contributed by atoms with van der Waals surface area (Å²) in [6.45, 7) is 6.04. The van der Waals surface area contributed by atoms with E-state index in [1.54, 1.807) is 18.2 Å². The van der Waals surface area contributed by atoms with Crippen molar-refractivity contribution >= 4 is 40.5 Å². The highest BCUT2D eigenvalue weighted by molar-refractivity contribution is 7.80. The Labute approximate surface area is 164 Å². The summed E-state index contributed by atoms with van der Waals surface area (Å²) in [7, 11) is 0. The molecule has 26 heavy (non-hydrogen) atoms. The molecule has 0 unspecified atom stereocenters. The zero-order valence-corrected chi connectivity index (χ0v) is 16.7. The molecular formula is C20H23ClN2O2S. The van der Waals surface area contributed by atoms with Gasteiger partial charge in [-0.25, -0.2) is 0 Å². The summed E-state index contributed by atoms with van der Waals surface area (Å²) in [5.74, 6) is 0.692. The Morgan fingerprint density at radius 1 is 1.27 bits per heavy atom. The first kappa shape index (κ1) is 20.2. The second-order valence-electron chi connectivity index (χ2n) is 6.10. The van der Waals surface area contributed by atoms with Crippen molar-refractivity contribution in [2.75, 3.05) is 11.9 Å². The van der Waals surface area contributed by atoms with Gasteiger partial charge in [0.1, 0.15) is 5.75 Å². The van der Waals surface area contributed by atoms with Crippen molar-refractivity contribution in [2.45, 2.75) is 33.1 Å². The minimum absolute atomic E-state index is 0.128. The molecule has 0 aliphatic rings. The normalized spacial score (nSPS) is 11.5. The van der Waals surface area contributed by atoms with Crippen molar-refractivity contribution in [3.63, 3.8) is 0 Å². The number of aryl methyl sites for hydroxylation is 1. The summed E-state index contributed by atoms with van der Waals surface area (Å²) < 4.78 is 5.53. The van der Waals surface area contributed by atoms with Crippen molar-refractivity contribution in [3.8, 4) is 5.75 Å². The van der Waals surface area contributed by atoms with Crippen LogP contribution in [-0.2, 0) is 4.79 Å². The van der Waals surface area contributed by atoms with Crippen molar-refractivity contribution in [1.29, 1.82) is 0 Å². The molecule has 0 fully saturated rings. The van der Waals surface area contributed by atoms with Crippen LogP contribution in [0.5, 0.6) is 5.75 Å². The molecule has 0 bridgehead atoms. The van der Waals surface area contributed by atoms with Gasteiger partial charge in [-0.3, -0.25) is 10.1 Å². The van der Waals surface area contributed by atoms with E-state index in [2.05, 4.69) is 30.5 Å². The number of carbonyl (C=O) groups excluding carboxylic acids is 1. The molecule has 2 aromatic carbocycles. The van der Waals surface area contributed by atoms with E-state index >= 15 is 0 Å². The molecular weight excluding hydrogens is 368 g/mol. The van der Waals surface area contributed by atoms with E-state index in [9.17, 15) is 4.79 Å². The molecule has 0 aliphatic carbocycles. The molecule has 2 rings (SSSR count). The van der Waals surface area contributed by atoms with Crippen LogP contribution in [0.4, 0.5) is 5.69 Å². The molecule has 4 nitrogen and oxygen atoms in total. The van der Waals surface area contributed by atoms with Gasteiger partial charge in [-0.05, 0) is 66.9 Å². The van der Waals surface area contributed by atoms with E-state index in [4.69, 9.17) is 28.6 Å². The van der Waals surface area contributed by atoms with Crippen LogP contribution in [0.1, 0.15) is 37.3 Å². The number of halogens is 1. The molecule has 0 saturated heterocycles. The fraction of sp³-hybridized carbons (Fsp3) is 0.300. The van der Waals surface area contributed by atoms with Gasteiger partial charge in [0.2, 0.25) is 0 Å². The lowest BCUT2D eigenvalue weighted by Gasteiger charge is -2.17. The highest BCUT2D eigenvalue weighted by Crippen LogP contribution is 2.26. The Morgan fingerprint density at radius 2 is 2.00 bits per heavy atom. The number of rotatable bonds is 6. The monoisotopic (exact) mass is 390 g/mol. The number of hydrogen-bond acceptors (Lipinski definition) is 3. The van der Waals surface area contributed by atoms with Crippen LogP contribution in [0.15, 0.2) is 42.5 Å². The lowest BCUT2D eigenvalue weighted by Crippen LogP contribution is -2.37. The number of amides is 1. The number of hydrogen-bond donors (Lipinski definition) is 2. The van der Waals surface area contributed by atoms with Crippen LogP contribution < -0.4 is 15.4 Å². The molecule has 0 radical (unpaired) electrons. The number of ether oxygens (including phenoxy) is 1. The van der Waals surface area contributed by atoms with Gasteiger partial charge in [-0.2, -0.15) is 0 Å². The van der Waals surface area contributed by atoms with Gasteiger partial charge in [0.15, 0.2) is 11.7 Å². The van der Waals surface area contributed by atoms with Crippen LogP contribution in [0.25, 0.3) is 0 Å². The zero-order valence-electron chi connectivity index (χ0n) is 15.1. The number of benzene rings is 2. The molecule has 2 aromatic rings. The lowest BCUT2D eigenvalue weighted by molar-refractivity contribution is -0.121. The van der Waals surface area contributed by atoms with Crippen LogP contribution in [0.3, 0.4) is 0 Å². The maximum atomic E-state index is 12.1. The van der Waals surface area contributed by atoms with Crippen molar-refractivity contribution in [2.24, 2.45) is 0 Å². The summed E-state index contributed by atoms with van der Waals surface area (Å²) in [4.78, 5) is 12.1. The highest BCUT2D eigenvalue weighted by Gasteiger charge is 2.11. The van der Waals surface area contributed by atoms with Gasteiger partial charge >= 0.3 is 0 Å². The van der Waals surface area contributed by atoms with E-state index in [0.717, 1.165) is 17.7 Å². The molecule has 0 aromatic heterocycles. The number of para-hydroxylation sites is 1. The Balaban J connectivity index is 1.91. The smallest absolute Gasteiger partial charge is 0.264 e. The SMILES string of the molecule is CC[C@H](C)c1ccccc1NC(=S)NC(=O)COc1ccc(Cl)cc1C. The van der Waals surface area contributed by atoms with Crippen molar-refractivity contribution in [1.82, 2.24) is 5.32 Å². The quantitative estimate of drug-likeness (QED) is 0.677. The molecule has 1 atom stereocenters. The van der Waals surface area contributed by atoms with Gasteiger partial charge in [0.25, 0.3) is 5.91 Å². The first-order chi connectivity index (χ1) is 12.4. The van der Waals surface area contributed by atoms with Gasteiger partial charge in [0.05, 0.1) is 0 Å². The van der Waals surface area contributed by atoms with E-state index in [0.29, 0.717) is 16.7 Å². The van der Waals surface area contributed by atoms with Gasteiger partial charge < -0.3 is 10.1 Å². The molecule has 0 saturated carbocycles. The van der Waals surface area contributed by atoms with Gasteiger partial charge in [-0.1, -0.05) is 43.6 Å². The standard InChI is InChI=1S/C20H23ClN2O2S/c1-4-13(2)16-7-5-6-8-17(16)22-20(26)23-19(24)12-25-18-10-9-15(21)11-14(18)3/h5-11,13H,4,12H2,1-3H3,(H2,22,23,24,26)/t13-/m0/s1. The molecule has 0 aliphatic heterocycles. The second kappa shape index (κ2) is 9.55. The van der Waals surface area contributed by atoms with Crippen LogP contribution in [0, 0.1) is 6.92 Å². The zero-order chi connectivity index (χ0) is 19.1. The van der Waals surface area contributed by atoms with E-state index < -0.39 is 0 Å². The Morgan fingerprint density at radius 3 is 2.69 bits per heavy atom. The van der Waals surface area contributed by atoms with Crippen LogP contribution in [-0.4, -0.2) is 17.6 Å². The van der Waals surface area contributed by atoms with Crippen molar-refractivity contribution < 1.29 is 9.53 Å². The van der Waals surface area contributed by atoms with Crippen molar-refractivity contribution in [3.05, 3.63) is 58.6 Å². The first-order valence-corrected chi connectivity index (χ1v) is 9.28. The molecule has 6 heteroatoms. The highest BCUT2D eigenvalue weighted by atomic mass is 35.5. The minimum atomic E-state index is -0.321. The second-order valence-corrected chi connectivity index (χ2v) is 6.94. The maximum absolute atomic E-state index is 12.1. The predicted octanol–water partition coefficient (Wildman–Crippen LogP) is 5.05. The summed E-state index contributed by atoms with van der Waals surface area (Å²) in [5, 5.41) is 6.63. The van der Waals surface area contributed by atoms with E-state index in [1.165, 1.54) is 5.56 Å². The van der Waals surface area contributed by atoms with Crippen LogP contribution >= 0.6 is 23.8 Å². The van der Waals surface area contributed by atoms with E-state index in [1.807, 2.05) is 25.1 Å². The molecule has 1 amide bonds. The molecule has 0 heterocycles. The van der Waals surface area contributed by atoms with Crippen LogP contribution in [0.2, 0.25) is 5.02 Å². The Kier molecular flexibility index (Phi) is 7.42. The fourth-order valence-electron chi connectivity index (χ4n) is 2.49. The van der Waals surface area contributed by atoms with Gasteiger partial charge in [-0.15, -0.1) is 0 Å². The third-order valence-electron chi connectivity index (χ3n) is 4.10. The third-order valence-corrected chi connectivity index (χ3v) is 4.54. The molecule has 2 N–H and O–H groups in total. The maximum Gasteiger partial charge on any atom is 0.264 e. The summed E-state index contributed by atoms with van der Waals surface area (Å²) in [6.07, 6.45) is 1.02. The average Bonchev–Trinajstić information content (AvgIpc) is 2.60. The topological polar surface area (TPSA) is 50.4 Å². The number of nitrogens with one attached hydrogen (secondary N) is 2. The van der Waals surface area contributed by atoms with Gasteiger partial charge in [0, 0.05) is 10.7 Å². The summed E-state index contributed by atoms with van der Waals surface area (Å²) >= 11 is 11.2. The summed E-state index contributed by atoms with van der Waals surface area (Å²) in [6, 6.07) is 13.2. The largest absolute Gasteiger partial charge is 0.483 e. The Bertz CT molecular complexity index is 795. The lowest BCUT2D eigenvalue weighted by atomic mass is 9.97. The fourth-order valence-corrected chi connectivity index (χ4v) is 2.95. The number of anilines is 1. The molecule has 138 valence electrons. The number of thiocarbonyl (C=S) groups is 1. The number of carbonyl (C=O) groups is 1. The first-order valence-electron chi connectivity index (χ1n) is 8.49. The molecule has 0 spiro atoms. The average molecular weight is 391 g/mol.